The molecule has 0 aromatic carbocycles. The van der Waals surface area contributed by atoms with E-state index in [0.717, 1.165) is 25.2 Å². The van der Waals surface area contributed by atoms with Crippen molar-refractivity contribution < 1.29 is 4.74 Å². The molecule has 13 heavy (non-hydrogen) atoms. The van der Waals surface area contributed by atoms with Gasteiger partial charge in [-0.3, -0.25) is 0 Å². The van der Waals surface area contributed by atoms with Crippen molar-refractivity contribution in [3.8, 4) is 0 Å². The van der Waals surface area contributed by atoms with Crippen molar-refractivity contribution in [3.63, 3.8) is 0 Å². The lowest BCUT2D eigenvalue weighted by molar-refractivity contribution is 0.0375. The molecular formula is C11H21NO. The Morgan fingerprint density at radius 3 is 2.85 bits per heavy atom. The van der Waals surface area contributed by atoms with Crippen LogP contribution in [-0.2, 0) is 4.74 Å². The summed E-state index contributed by atoms with van der Waals surface area (Å²) in [6.07, 6.45) is 5.44. The molecule has 2 heterocycles. The number of nitrogens with zero attached hydrogens (tertiary/aromatic N) is 1. The molecule has 2 fully saturated rings. The fraction of sp³-hybridized carbons (Fsp3) is 1.00. The summed E-state index contributed by atoms with van der Waals surface area (Å²) in [5, 5.41) is 0. The largest absolute Gasteiger partial charge is 0.381 e. The second kappa shape index (κ2) is 4.43. The van der Waals surface area contributed by atoms with Gasteiger partial charge in [-0.05, 0) is 45.1 Å². The van der Waals surface area contributed by atoms with Crippen molar-refractivity contribution in [2.45, 2.75) is 38.6 Å². The van der Waals surface area contributed by atoms with E-state index in [1.54, 1.807) is 0 Å². The van der Waals surface area contributed by atoms with Crippen molar-refractivity contribution in [1.29, 1.82) is 0 Å². The van der Waals surface area contributed by atoms with E-state index in [0.29, 0.717) is 0 Å². The molecule has 2 rings (SSSR count). The number of hydrogen-bond donors (Lipinski definition) is 0. The van der Waals surface area contributed by atoms with Gasteiger partial charge in [0.1, 0.15) is 0 Å². The van der Waals surface area contributed by atoms with Crippen LogP contribution in [0.15, 0.2) is 0 Å². The minimum absolute atomic E-state index is 0.814. The predicted molar refractivity (Wildman–Crippen MR) is 53.8 cm³/mol. The van der Waals surface area contributed by atoms with Crippen molar-refractivity contribution in [1.82, 2.24) is 4.90 Å². The molecule has 0 radical (unpaired) electrons. The van der Waals surface area contributed by atoms with Crippen molar-refractivity contribution in [3.05, 3.63) is 0 Å². The van der Waals surface area contributed by atoms with E-state index in [2.05, 4.69) is 11.8 Å². The van der Waals surface area contributed by atoms with Crippen molar-refractivity contribution in [2.75, 3.05) is 26.3 Å². The zero-order valence-electron chi connectivity index (χ0n) is 8.67. The summed E-state index contributed by atoms with van der Waals surface area (Å²) in [5.41, 5.74) is 0. The lowest BCUT2D eigenvalue weighted by Crippen LogP contribution is -2.35. The van der Waals surface area contributed by atoms with Crippen LogP contribution in [0.4, 0.5) is 0 Å². The van der Waals surface area contributed by atoms with Gasteiger partial charge in [0.2, 0.25) is 0 Å². The highest BCUT2D eigenvalue weighted by molar-refractivity contribution is 4.78. The quantitative estimate of drug-likeness (QED) is 0.648. The topological polar surface area (TPSA) is 12.5 Å². The number of rotatable bonds is 2. The molecule has 2 saturated heterocycles. The molecule has 0 aromatic heterocycles. The second-order valence-corrected chi connectivity index (χ2v) is 4.57. The molecule has 0 bridgehead atoms. The Kier molecular flexibility index (Phi) is 3.23. The summed E-state index contributed by atoms with van der Waals surface area (Å²) >= 11 is 0. The van der Waals surface area contributed by atoms with E-state index in [-0.39, 0.29) is 0 Å². The van der Waals surface area contributed by atoms with Crippen LogP contribution in [0.2, 0.25) is 0 Å². The lowest BCUT2D eigenvalue weighted by Gasteiger charge is -2.29. The summed E-state index contributed by atoms with van der Waals surface area (Å²) in [4.78, 5) is 2.64. The average Bonchev–Trinajstić information content (AvgIpc) is 2.54. The van der Waals surface area contributed by atoms with Crippen molar-refractivity contribution in [2.24, 2.45) is 5.92 Å². The molecule has 0 N–H and O–H groups in total. The molecule has 2 atom stereocenters. The third kappa shape index (κ3) is 2.44. The Morgan fingerprint density at radius 2 is 2.23 bits per heavy atom. The first-order chi connectivity index (χ1) is 6.36. The first-order valence-electron chi connectivity index (χ1n) is 5.68. The molecule has 2 aliphatic heterocycles. The number of ether oxygens (including phenoxy) is 1. The lowest BCUT2D eigenvalue weighted by atomic mass is 10.0. The van der Waals surface area contributed by atoms with Gasteiger partial charge in [-0.15, -0.1) is 0 Å². The summed E-state index contributed by atoms with van der Waals surface area (Å²) in [6.45, 7) is 6.95. The highest BCUT2D eigenvalue weighted by Gasteiger charge is 2.24. The van der Waals surface area contributed by atoms with Crippen LogP contribution < -0.4 is 0 Å². The fourth-order valence-electron chi connectivity index (χ4n) is 2.55. The van der Waals surface area contributed by atoms with Crippen LogP contribution in [0, 0.1) is 5.92 Å². The third-order valence-corrected chi connectivity index (χ3v) is 3.44. The molecule has 2 nitrogen and oxygen atoms in total. The molecular weight excluding hydrogens is 162 g/mol. The Balaban J connectivity index is 1.75. The van der Waals surface area contributed by atoms with Gasteiger partial charge in [-0.25, -0.2) is 0 Å². The maximum absolute atomic E-state index is 5.50. The summed E-state index contributed by atoms with van der Waals surface area (Å²) in [7, 11) is 0. The molecule has 0 saturated carbocycles. The van der Waals surface area contributed by atoms with E-state index >= 15 is 0 Å². The SMILES string of the molecule is CC1CCCN1CC1CCCOC1. The number of likely N-dealkylation sites (tertiary alicyclic amines) is 1. The normalized spacial score (nSPS) is 36.7. The Bertz CT molecular complexity index is 154. The van der Waals surface area contributed by atoms with E-state index in [1.165, 1.54) is 38.8 Å². The molecule has 0 amide bonds. The zero-order valence-corrected chi connectivity index (χ0v) is 8.67. The maximum Gasteiger partial charge on any atom is 0.0506 e. The van der Waals surface area contributed by atoms with Gasteiger partial charge in [0.15, 0.2) is 0 Å². The molecule has 2 unspecified atom stereocenters. The standard InChI is InChI=1S/C11H21NO/c1-10-4-2-6-12(10)8-11-5-3-7-13-9-11/h10-11H,2-9H2,1H3. The second-order valence-electron chi connectivity index (χ2n) is 4.57. The van der Waals surface area contributed by atoms with Gasteiger partial charge in [-0.2, -0.15) is 0 Å². The number of hydrogen-bond acceptors (Lipinski definition) is 2. The van der Waals surface area contributed by atoms with Crippen LogP contribution in [0.25, 0.3) is 0 Å². The Labute approximate surface area is 81.3 Å². The van der Waals surface area contributed by atoms with Crippen molar-refractivity contribution >= 4 is 0 Å². The van der Waals surface area contributed by atoms with Gasteiger partial charge < -0.3 is 9.64 Å². The first-order valence-corrected chi connectivity index (χ1v) is 5.68. The van der Waals surface area contributed by atoms with Crippen LogP contribution in [0.1, 0.15) is 32.6 Å². The Morgan fingerprint density at radius 1 is 1.31 bits per heavy atom. The zero-order chi connectivity index (χ0) is 9.10. The summed E-state index contributed by atoms with van der Waals surface area (Å²) in [6, 6.07) is 0.821. The third-order valence-electron chi connectivity index (χ3n) is 3.44. The smallest absolute Gasteiger partial charge is 0.0506 e. The van der Waals surface area contributed by atoms with Gasteiger partial charge >= 0.3 is 0 Å². The molecule has 2 heteroatoms. The fourth-order valence-corrected chi connectivity index (χ4v) is 2.55. The minimum Gasteiger partial charge on any atom is -0.381 e. The summed E-state index contributed by atoms with van der Waals surface area (Å²) < 4.78 is 5.50. The monoisotopic (exact) mass is 183 g/mol. The van der Waals surface area contributed by atoms with E-state index < -0.39 is 0 Å². The molecule has 0 aliphatic carbocycles. The van der Waals surface area contributed by atoms with Gasteiger partial charge in [-0.1, -0.05) is 0 Å². The first kappa shape index (κ1) is 9.47. The van der Waals surface area contributed by atoms with E-state index in [1.807, 2.05) is 0 Å². The van der Waals surface area contributed by atoms with Gasteiger partial charge in [0.25, 0.3) is 0 Å². The molecule has 0 aromatic rings. The highest BCUT2D eigenvalue weighted by atomic mass is 16.5. The van der Waals surface area contributed by atoms with Gasteiger partial charge in [0.05, 0.1) is 6.61 Å². The maximum atomic E-state index is 5.50. The molecule has 0 spiro atoms. The molecule has 76 valence electrons. The average molecular weight is 183 g/mol. The van der Waals surface area contributed by atoms with E-state index in [9.17, 15) is 0 Å². The minimum atomic E-state index is 0.814. The van der Waals surface area contributed by atoms with Crippen LogP contribution in [-0.4, -0.2) is 37.2 Å². The predicted octanol–water partition coefficient (Wildman–Crippen LogP) is 1.90. The highest BCUT2D eigenvalue weighted by Crippen LogP contribution is 2.21. The van der Waals surface area contributed by atoms with Gasteiger partial charge in [0, 0.05) is 19.2 Å². The Hall–Kier alpha value is -0.0800. The molecule has 2 aliphatic rings. The van der Waals surface area contributed by atoms with Crippen LogP contribution in [0.3, 0.4) is 0 Å². The van der Waals surface area contributed by atoms with E-state index in [4.69, 9.17) is 4.74 Å². The van der Waals surface area contributed by atoms with Crippen LogP contribution in [0.5, 0.6) is 0 Å². The van der Waals surface area contributed by atoms with Crippen LogP contribution >= 0.6 is 0 Å². The summed E-state index contributed by atoms with van der Waals surface area (Å²) in [5.74, 6) is 0.814.